The van der Waals surface area contributed by atoms with Crippen molar-refractivity contribution >= 4 is 23.0 Å². The summed E-state index contributed by atoms with van der Waals surface area (Å²) in [6, 6.07) is 9.12. The summed E-state index contributed by atoms with van der Waals surface area (Å²) in [7, 11) is 1.82. The standard InChI is InChI=1S/C19H22N4O3S/c1-3-9-26-19(25)23-13-17(27-18(24)14-7-5-4-6-8-14)11-15(23)10-16-12-20-21-22(16)2/h3-8,12,15,17H,1,9-11,13H2,2H3/t15-,17+/m1/s1. The van der Waals surface area contributed by atoms with Crippen LogP contribution in [0.2, 0.25) is 0 Å². The second-order valence-corrected chi connectivity index (χ2v) is 7.63. The van der Waals surface area contributed by atoms with Crippen LogP contribution in [0.15, 0.2) is 49.2 Å². The molecule has 0 saturated carbocycles. The minimum atomic E-state index is -0.384. The van der Waals surface area contributed by atoms with Crippen molar-refractivity contribution in [2.24, 2.45) is 7.05 Å². The maximum atomic E-state index is 12.5. The van der Waals surface area contributed by atoms with E-state index in [4.69, 9.17) is 4.74 Å². The smallest absolute Gasteiger partial charge is 0.410 e. The Morgan fingerprint density at radius 2 is 2.15 bits per heavy atom. The van der Waals surface area contributed by atoms with E-state index in [1.807, 2.05) is 25.2 Å². The lowest BCUT2D eigenvalue weighted by Crippen LogP contribution is -2.38. The topological polar surface area (TPSA) is 77.3 Å². The number of ether oxygens (including phenoxy) is 1. The van der Waals surface area contributed by atoms with Gasteiger partial charge in [-0.1, -0.05) is 60.0 Å². The number of rotatable bonds is 6. The van der Waals surface area contributed by atoms with Crippen molar-refractivity contribution in [1.29, 1.82) is 0 Å². The molecule has 0 bridgehead atoms. The van der Waals surface area contributed by atoms with E-state index in [0.29, 0.717) is 24.9 Å². The summed E-state index contributed by atoms with van der Waals surface area (Å²) in [6.45, 7) is 4.20. The fourth-order valence-corrected chi connectivity index (χ4v) is 4.25. The van der Waals surface area contributed by atoms with E-state index in [1.54, 1.807) is 34.0 Å². The Balaban J connectivity index is 1.70. The van der Waals surface area contributed by atoms with Gasteiger partial charge in [-0.3, -0.25) is 9.48 Å². The molecule has 0 aliphatic carbocycles. The lowest BCUT2D eigenvalue weighted by Gasteiger charge is -2.23. The lowest BCUT2D eigenvalue weighted by atomic mass is 10.1. The SMILES string of the molecule is C=CCOC(=O)N1C[C@@H](SC(=O)c2ccccc2)C[C@H]1Cc1cnnn1C. The predicted molar refractivity (Wildman–Crippen MR) is 104 cm³/mol. The molecule has 1 aromatic heterocycles. The molecule has 1 saturated heterocycles. The summed E-state index contributed by atoms with van der Waals surface area (Å²) in [6.07, 6.45) is 4.17. The van der Waals surface area contributed by atoms with Gasteiger partial charge in [0.05, 0.1) is 11.9 Å². The van der Waals surface area contributed by atoms with Gasteiger partial charge in [0.2, 0.25) is 5.12 Å². The maximum Gasteiger partial charge on any atom is 0.410 e. The van der Waals surface area contributed by atoms with E-state index in [-0.39, 0.29) is 29.1 Å². The zero-order valence-electron chi connectivity index (χ0n) is 15.2. The molecule has 2 aromatic rings. The van der Waals surface area contributed by atoms with Crippen molar-refractivity contribution in [3.8, 4) is 0 Å². The van der Waals surface area contributed by atoms with Crippen molar-refractivity contribution in [1.82, 2.24) is 19.9 Å². The van der Waals surface area contributed by atoms with Gasteiger partial charge >= 0.3 is 6.09 Å². The Labute approximate surface area is 162 Å². The number of aromatic nitrogens is 3. The molecule has 142 valence electrons. The molecule has 27 heavy (non-hydrogen) atoms. The van der Waals surface area contributed by atoms with Crippen molar-refractivity contribution < 1.29 is 14.3 Å². The van der Waals surface area contributed by atoms with E-state index in [1.165, 1.54) is 11.8 Å². The fraction of sp³-hybridized carbons (Fsp3) is 0.368. The Morgan fingerprint density at radius 1 is 1.37 bits per heavy atom. The van der Waals surface area contributed by atoms with Crippen LogP contribution in [-0.2, 0) is 18.2 Å². The number of nitrogens with zero attached hydrogens (tertiary/aromatic N) is 4. The zero-order chi connectivity index (χ0) is 19.2. The summed E-state index contributed by atoms with van der Waals surface area (Å²) in [5.41, 5.74) is 1.60. The second kappa shape index (κ2) is 8.85. The van der Waals surface area contributed by atoms with Gasteiger partial charge in [-0.2, -0.15) is 0 Å². The fourth-order valence-electron chi connectivity index (χ4n) is 3.12. The molecule has 2 atom stereocenters. The molecule has 0 N–H and O–H groups in total. The van der Waals surface area contributed by atoms with Gasteiger partial charge in [0.1, 0.15) is 6.61 Å². The first-order valence-corrected chi connectivity index (χ1v) is 9.60. The number of thioether (sulfide) groups is 1. The Morgan fingerprint density at radius 3 is 2.81 bits per heavy atom. The highest BCUT2D eigenvalue weighted by Gasteiger charge is 2.38. The molecule has 0 radical (unpaired) electrons. The first-order chi connectivity index (χ1) is 13.1. The lowest BCUT2D eigenvalue weighted by molar-refractivity contribution is 0.106. The minimum absolute atomic E-state index is 0.0140. The van der Waals surface area contributed by atoms with Crippen LogP contribution in [-0.4, -0.2) is 55.5 Å². The van der Waals surface area contributed by atoms with Crippen molar-refractivity contribution in [2.75, 3.05) is 13.2 Å². The first kappa shape index (κ1) is 19.2. The number of hydrogen-bond donors (Lipinski definition) is 0. The van der Waals surface area contributed by atoms with Gasteiger partial charge in [0.25, 0.3) is 0 Å². The summed E-state index contributed by atoms with van der Waals surface area (Å²) in [4.78, 5) is 26.7. The Kier molecular flexibility index (Phi) is 6.28. The molecule has 0 spiro atoms. The van der Waals surface area contributed by atoms with Crippen molar-refractivity contribution in [3.05, 3.63) is 60.4 Å². The maximum absolute atomic E-state index is 12.5. The van der Waals surface area contributed by atoms with Crippen LogP contribution in [0.25, 0.3) is 0 Å². The second-order valence-electron chi connectivity index (χ2n) is 6.35. The average Bonchev–Trinajstić information content (AvgIpc) is 3.27. The third kappa shape index (κ3) is 4.77. The normalized spacial score (nSPS) is 19.1. The van der Waals surface area contributed by atoms with Crippen LogP contribution in [0.3, 0.4) is 0 Å². The quantitative estimate of drug-likeness (QED) is 0.711. The predicted octanol–water partition coefficient (Wildman–Crippen LogP) is 2.70. The highest BCUT2D eigenvalue weighted by atomic mass is 32.2. The number of carbonyl (C=O) groups excluding carboxylic acids is 2. The summed E-state index contributed by atoms with van der Waals surface area (Å²) < 4.78 is 6.93. The van der Waals surface area contributed by atoms with Gasteiger partial charge in [0.15, 0.2) is 0 Å². The van der Waals surface area contributed by atoms with Crippen LogP contribution < -0.4 is 0 Å². The third-order valence-corrected chi connectivity index (χ3v) is 5.60. The summed E-state index contributed by atoms with van der Waals surface area (Å²) in [5.74, 6) is 0. The van der Waals surface area contributed by atoms with Crippen LogP contribution in [0.1, 0.15) is 22.5 Å². The number of carbonyl (C=O) groups is 2. The molecule has 1 fully saturated rings. The molecular formula is C19H22N4O3S. The summed E-state index contributed by atoms with van der Waals surface area (Å²) in [5, 5.41) is 7.87. The van der Waals surface area contributed by atoms with E-state index in [9.17, 15) is 9.59 Å². The molecule has 2 heterocycles. The molecule has 7 nitrogen and oxygen atoms in total. The minimum Gasteiger partial charge on any atom is -0.445 e. The zero-order valence-corrected chi connectivity index (χ0v) is 16.0. The number of hydrogen-bond acceptors (Lipinski definition) is 6. The average molecular weight is 386 g/mol. The molecule has 1 aromatic carbocycles. The Hall–Kier alpha value is -2.61. The largest absolute Gasteiger partial charge is 0.445 e. The van der Waals surface area contributed by atoms with E-state index in [0.717, 1.165) is 5.69 Å². The molecular weight excluding hydrogens is 364 g/mol. The highest BCUT2D eigenvalue weighted by molar-refractivity contribution is 8.14. The monoisotopic (exact) mass is 386 g/mol. The molecule has 1 aliphatic rings. The van der Waals surface area contributed by atoms with Gasteiger partial charge in [-0.25, -0.2) is 4.79 Å². The molecule has 8 heteroatoms. The summed E-state index contributed by atoms with van der Waals surface area (Å²) >= 11 is 1.28. The molecule has 1 aliphatic heterocycles. The van der Waals surface area contributed by atoms with Gasteiger partial charge in [0, 0.05) is 36.9 Å². The highest BCUT2D eigenvalue weighted by Crippen LogP contribution is 2.32. The van der Waals surface area contributed by atoms with Crippen LogP contribution in [0.5, 0.6) is 0 Å². The number of aryl methyl sites for hydroxylation is 1. The first-order valence-electron chi connectivity index (χ1n) is 8.72. The van der Waals surface area contributed by atoms with E-state index >= 15 is 0 Å². The number of amides is 1. The van der Waals surface area contributed by atoms with E-state index in [2.05, 4.69) is 16.9 Å². The molecule has 1 amide bonds. The molecule has 0 unspecified atom stereocenters. The van der Waals surface area contributed by atoms with Gasteiger partial charge < -0.3 is 9.64 Å². The third-order valence-electron chi connectivity index (χ3n) is 4.47. The van der Waals surface area contributed by atoms with Crippen LogP contribution in [0.4, 0.5) is 4.79 Å². The van der Waals surface area contributed by atoms with Gasteiger partial charge in [-0.05, 0) is 6.42 Å². The van der Waals surface area contributed by atoms with Crippen LogP contribution >= 0.6 is 11.8 Å². The number of benzene rings is 1. The van der Waals surface area contributed by atoms with E-state index < -0.39 is 0 Å². The Bertz CT molecular complexity index is 808. The van der Waals surface area contributed by atoms with Crippen molar-refractivity contribution in [3.63, 3.8) is 0 Å². The van der Waals surface area contributed by atoms with Crippen LogP contribution in [0, 0.1) is 0 Å². The van der Waals surface area contributed by atoms with Crippen molar-refractivity contribution in [2.45, 2.75) is 24.1 Å². The van der Waals surface area contributed by atoms with Gasteiger partial charge in [-0.15, -0.1) is 5.10 Å². The number of likely N-dealkylation sites (tertiary alicyclic amines) is 1. The molecule has 3 rings (SSSR count).